The number of methoxy groups -OCH3 is 1. The molecule has 0 atom stereocenters. The molecule has 0 aliphatic carbocycles. The van der Waals surface area contributed by atoms with Crippen LogP contribution in [-0.4, -0.2) is 35.1 Å². The minimum Gasteiger partial charge on any atom is -0.496 e. The van der Waals surface area contributed by atoms with E-state index in [0.29, 0.717) is 10.5 Å². The highest BCUT2D eigenvalue weighted by atomic mass is 35.5. The molecular formula is C20H16ClN3O7. The second-order valence-electron chi connectivity index (χ2n) is 6.41. The molecule has 1 aromatic heterocycles. The summed E-state index contributed by atoms with van der Waals surface area (Å²) in [6.07, 6.45) is 1.30. The maximum absolute atomic E-state index is 12.6. The maximum atomic E-state index is 12.6. The zero-order valence-corrected chi connectivity index (χ0v) is 17.1. The number of amides is 1. The smallest absolute Gasteiger partial charge is 0.344 e. The van der Waals surface area contributed by atoms with E-state index >= 15 is 0 Å². The maximum Gasteiger partial charge on any atom is 0.344 e. The molecule has 0 bridgehead atoms. The zero-order chi connectivity index (χ0) is 22.7. The number of nitro groups is 1. The van der Waals surface area contributed by atoms with Gasteiger partial charge < -0.3 is 19.4 Å². The Morgan fingerprint density at radius 1 is 1.23 bits per heavy atom. The van der Waals surface area contributed by atoms with Crippen LogP contribution in [0.1, 0.15) is 10.4 Å². The van der Waals surface area contributed by atoms with Gasteiger partial charge in [0.15, 0.2) is 6.61 Å². The number of pyridine rings is 1. The summed E-state index contributed by atoms with van der Waals surface area (Å²) in [4.78, 5) is 47.7. The first-order valence-corrected chi connectivity index (χ1v) is 9.17. The zero-order valence-electron chi connectivity index (χ0n) is 16.4. The molecule has 0 radical (unpaired) electrons. The molecule has 160 valence electrons. The molecule has 0 unspecified atom stereocenters. The molecule has 0 aliphatic rings. The lowest BCUT2D eigenvalue weighted by atomic mass is 10.1. The second kappa shape index (κ2) is 8.84. The molecule has 2 aromatic carbocycles. The minimum absolute atomic E-state index is 0.0943. The Labute approximate surface area is 180 Å². The van der Waals surface area contributed by atoms with E-state index in [1.165, 1.54) is 31.5 Å². The van der Waals surface area contributed by atoms with Crippen LogP contribution in [0, 0.1) is 10.1 Å². The third-order valence-corrected chi connectivity index (χ3v) is 4.62. The molecule has 1 amide bonds. The van der Waals surface area contributed by atoms with E-state index in [2.05, 4.69) is 5.32 Å². The highest BCUT2D eigenvalue weighted by Gasteiger charge is 2.20. The summed E-state index contributed by atoms with van der Waals surface area (Å²) in [5.74, 6) is -1.59. The van der Waals surface area contributed by atoms with E-state index in [9.17, 15) is 24.5 Å². The standard InChI is InChI=1S/C20H16ClN3O7/c1-23-9-14(19(26)13-7-11(21)3-6-16(13)23)20(27)31-10-18(25)22-15-5-4-12(30-2)8-17(15)24(28)29/h3-9H,10H2,1-2H3,(H,22,25). The molecule has 0 saturated heterocycles. The Balaban J connectivity index is 1.76. The van der Waals surface area contributed by atoms with Gasteiger partial charge in [-0.1, -0.05) is 11.6 Å². The van der Waals surface area contributed by atoms with Gasteiger partial charge in [0.2, 0.25) is 5.43 Å². The van der Waals surface area contributed by atoms with Gasteiger partial charge in [-0.15, -0.1) is 0 Å². The Bertz CT molecular complexity index is 1270. The van der Waals surface area contributed by atoms with Gasteiger partial charge in [-0.3, -0.25) is 19.7 Å². The number of halogens is 1. The molecule has 1 N–H and O–H groups in total. The van der Waals surface area contributed by atoms with Gasteiger partial charge >= 0.3 is 5.97 Å². The monoisotopic (exact) mass is 445 g/mol. The summed E-state index contributed by atoms with van der Waals surface area (Å²) in [7, 11) is 2.99. The van der Waals surface area contributed by atoms with Gasteiger partial charge in [0.1, 0.15) is 17.0 Å². The summed E-state index contributed by atoms with van der Waals surface area (Å²) in [6, 6.07) is 8.56. The first kappa shape index (κ1) is 21.8. The summed E-state index contributed by atoms with van der Waals surface area (Å²) in [5.41, 5.74) is -0.787. The van der Waals surface area contributed by atoms with E-state index in [1.54, 1.807) is 23.7 Å². The number of nitrogens with one attached hydrogen (secondary N) is 1. The van der Waals surface area contributed by atoms with Crippen LogP contribution >= 0.6 is 11.6 Å². The van der Waals surface area contributed by atoms with Gasteiger partial charge in [0.05, 0.1) is 23.6 Å². The lowest BCUT2D eigenvalue weighted by Gasteiger charge is -2.10. The van der Waals surface area contributed by atoms with Crippen molar-refractivity contribution in [3.05, 3.63) is 73.5 Å². The Morgan fingerprint density at radius 3 is 2.65 bits per heavy atom. The van der Waals surface area contributed by atoms with E-state index in [-0.39, 0.29) is 28.1 Å². The van der Waals surface area contributed by atoms with Gasteiger partial charge in [0.25, 0.3) is 11.6 Å². The van der Waals surface area contributed by atoms with Crippen LogP contribution in [0.25, 0.3) is 10.9 Å². The average molecular weight is 446 g/mol. The highest BCUT2D eigenvalue weighted by Crippen LogP contribution is 2.28. The van der Waals surface area contributed by atoms with Crippen molar-refractivity contribution in [2.75, 3.05) is 19.0 Å². The predicted molar refractivity (Wildman–Crippen MR) is 113 cm³/mol. The van der Waals surface area contributed by atoms with E-state index in [0.717, 1.165) is 6.07 Å². The summed E-state index contributed by atoms with van der Waals surface area (Å²) in [5, 5.41) is 14.0. The molecule has 3 rings (SSSR count). The highest BCUT2D eigenvalue weighted by molar-refractivity contribution is 6.31. The summed E-state index contributed by atoms with van der Waals surface area (Å²) >= 11 is 5.94. The average Bonchev–Trinajstić information content (AvgIpc) is 2.74. The molecule has 31 heavy (non-hydrogen) atoms. The van der Waals surface area contributed by atoms with Gasteiger partial charge in [-0.25, -0.2) is 4.79 Å². The first-order chi connectivity index (χ1) is 14.7. The normalized spacial score (nSPS) is 10.5. The van der Waals surface area contributed by atoms with E-state index in [4.69, 9.17) is 21.1 Å². The number of carbonyl (C=O) groups is 2. The predicted octanol–water partition coefficient (Wildman–Crippen LogP) is 2.90. The van der Waals surface area contributed by atoms with Crippen molar-refractivity contribution in [2.45, 2.75) is 0 Å². The molecule has 0 fully saturated rings. The lowest BCUT2D eigenvalue weighted by molar-refractivity contribution is -0.384. The largest absolute Gasteiger partial charge is 0.496 e. The fourth-order valence-corrected chi connectivity index (χ4v) is 3.07. The van der Waals surface area contributed by atoms with Crippen molar-refractivity contribution >= 4 is 45.8 Å². The van der Waals surface area contributed by atoms with Crippen molar-refractivity contribution in [1.29, 1.82) is 0 Å². The molecular weight excluding hydrogens is 430 g/mol. The number of nitrogens with zero attached hydrogens (tertiary/aromatic N) is 2. The number of hydrogen-bond donors (Lipinski definition) is 1. The molecule has 11 heteroatoms. The van der Waals surface area contributed by atoms with Crippen molar-refractivity contribution in [1.82, 2.24) is 4.57 Å². The fraction of sp³-hybridized carbons (Fsp3) is 0.150. The third-order valence-electron chi connectivity index (χ3n) is 4.38. The molecule has 0 aliphatic heterocycles. The van der Waals surface area contributed by atoms with Crippen LogP contribution in [0.3, 0.4) is 0 Å². The lowest BCUT2D eigenvalue weighted by Crippen LogP contribution is -2.25. The SMILES string of the molecule is COc1ccc(NC(=O)COC(=O)c2cn(C)c3ccc(Cl)cc3c2=O)c([N+](=O)[O-])c1. The number of rotatable bonds is 6. The van der Waals surface area contributed by atoms with Crippen LogP contribution in [0.4, 0.5) is 11.4 Å². The van der Waals surface area contributed by atoms with Crippen molar-refractivity contribution in [2.24, 2.45) is 7.05 Å². The van der Waals surface area contributed by atoms with E-state index < -0.39 is 28.8 Å². The molecule has 10 nitrogen and oxygen atoms in total. The topological polar surface area (TPSA) is 130 Å². The number of aryl methyl sites for hydroxylation is 1. The van der Waals surface area contributed by atoms with Gasteiger partial charge in [-0.2, -0.15) is 0 Å². The molecule has 1 heterocycles. The molecule has 0 spiro atoms. The van der Waals surface area contributed by atoms with Crippen molar-refractivity contribution in [3.8, 4) is 5.75 Å². The Kier molecular flexibility index (Phi) is 6.21. The number of aromatic nitrogens is 1. The van der Waals surface area contributed by atoms with Gasteiger partial charge in [0, 0.05) is 23.7 Å². The third kappa shape index (κ3) is 4.64. The quantitative estimate of drug-likeness (QED) is 0.350. The number of carbonyl (C=O) groups excluding carboxylic acids is 2. The number of benzene rings is 2. The second-order valence-corrected chi connectivity index (χ2v) is 6.85. The van der Waals surface area contributed by atoms with E-state index in [1.807, 2.05) is 0 Å². The number of nitro benzene ring substituents is 1. The number of esters is 1. The molecule has 0 saturated carbocycles. The number of hydrogen-bond acceptors (Lipinski definition) is 7. The van der Waals surface area contributed by atoms with Crippen LogP contribution in [-0.2, 0) is 16.6 Å². The van der Waals surface area contributed by atoms with Crippen LogP contribution < -0.4 is 15.5 Å². The summed E-state index contributed by atoms with van der Waals surface area (Å²) < 4.78 is 11.4. The van der Waals surface area contributed by atoms with Crippen molar-refractivity contribution < 1.29 is 24.0 Å². The first-order valence-electron chi connectivity index (χ1n) is 8.79. The van der Waals surface area contributed by atoms with Crippen molar-refractivity contribution in [3.63, 3.8) is 0 Å². The Morgan fingerprint density at radius 2 is 1.97 bits per heavy atom. The minimum atomic E-state index is -1.01. The summed E-state index contributed by atoms with van der Waals surface area (Å²) in [6.45, 7) is -0.751. The van der Waals surface area contributed by atoms with Crippen LogP contribution in [0.2, 0.25) is 5.02 Å². The van der Waals surface area contributed by atoms with Crippen LogP contribution in [0.15, 0.2) is 47.4 Å². The number of fused-ring (bicyclic) bond motifs is 1. The fourth-order valence-electron chi connectivity index (χ4n) is 2.90. The number of ether oxygens (including phenoxy) is 2. The van der Waals surface area contributed by atoms with Gasteiger partial charge in [-0.05, 0) is 30.3 Å². The number of anilines is 1. The van der Waals surface area contributed by atoms with Crippen LogP contribution in [0.5, 0.6) is 5.75 Å². The molecule has 3 aromatic rings. The Hall–Kier alpha value is -3.92.